The molecule has 0 radical (unpaired) electrons. The maximum Gasteiger partial charge on any atom is 0.229 e. The van der Waals surface area contributed by atoms with E-state index in [1.54, 1.807) is 14.0 Å². The molecular weight excluding hydrogens is 252 g/mol. The number of amides is 1. The minimum absolute atomic E-state index is 0.0223. The highest BCUT2D eigenvalue weighted by atomic mass is 16.7. The van der Waals surface area contributed by atoms with Crippen LogP contribution in [0.2, 0.25) is 0 Å². The summed E-state index contributed by atoms with van der Waals surface area (Å²) < 4.78 is 10.6. The van der Waals surface area contributed by atoms with Gasteiger partial charge in [0, 0.05) is 12.7 Å². The summed E-state index contributed by atoms with van der Waals surface area (Å²) in [4.78, 5) is 33.3. The van der Waals surface area contributed by atoms with E-state index in [9.17, 15) is 14.4 Å². The molecule has 0 aromatic heterocycles. The summed E-state index contributed by atoms with van der Waals surface area (Å²) in [7, 11) is 1.64. The Hall–Kier alpha value is -1.73. The van der Waals surface area contributed by atoms with E-state index in [4.69, 9.17) is 9.47 Å². The zero-order chi connectivity index (χ0) is 14.3. The number of hydrogen-bond donors (Lipinski definition) is 2. The predicted octanol–water partition coefficient (Wildman–Crippen LogP) is -0.525. The van der Waals surface area contributed by atoms with Crippen molar-refractivity contribution >= 4 is 18.5 Å². The minimum atomic E-state index is -1.20. The van der Waals surface area contributed by atoms with E-state index in [-0.39, 0.29) is 18.5 Å². The zero-order valence-corrected chi connectivity index (χ0v) is 11.0. The highest BCUT2D eigenvalue weighted by Crippen LogP contribution is 2.26. The Labute approximate surface area is 111 Å². The Bertz CT molecular complexity index is 386. The van der Waals surface area contributed by atoms with Crippen LogP contribution in [0.4, 0.5) is 0 Å². The lowest BCUT2D eigenvalue weighted by atomic mass is 10.1. The molecule has 7 nitrogen and oxygen atoms in total. The van der Waals surface area contributed by atoms with Gasteiger partial charge in [-0.25, -0.2) is 0 Å². The second-order valence-corrected chi connectivity index (χ2v) is 4.11. The molecule has 2 N–H and O–H groups in total. The largest absolute Gasteiger partial charge is 0.390 e. The molecule has 0 aromatic carbocycles. The zero-order valence-electron chi connectivity index (χ0n) is 11.0. The van der Waals surface area contributed by atoms with E-state index >= 15 is 0 Å². The van der Waals surface area contributed by atoms with Crippen LogP contribution in [0.25, 0.3) is 0 Å². The molecule has 0 unspecified atom stereocenters. The molecule has 106 valence electrons. The van der Waals surface area contributed by atoms with Crippen LogP contribution in [-0.4, -0.2) is 44.5 Å². The molecule has 0 bridgehead atoms. The number of carbonyl (C=O) groups is 3. The molecule has 0 saturated carbocycles. The van der Waals surface area contributed by atoms with E-state index in [0.29, 0.717) is 31.5 Å². The molecule has 0 aliphatic carbocycles. The van der Waals surface area contributed by atoms with E-state index in [0.717, 1.165) is 0 Å². The predicted molar refractivity (Wildman–Crippen MR) is 65.9 cm³/mol. The monoisotopic (exact) mass is 270 g/mol. The SMILES string of the molecule is CN/C(C)=C(\C=O)NC(=O)CC1(CC=O)OCCO1. The van der Waals surface area contributed by atoms with Gasteiger partial charge in [0.15, 0.2) is 12.1 Å². The summed E-state index contributed by atoms with van der Waals surface area (Å²) in [6.45, 7) is 2.34. The van der Waals surface area contributed by atoms with E-state index in [2.05, 4.69) is 10.6 Å². The number of rotatable bonds is 7. The lowest BCUT2D eigenvalue weighted by Gasteiger charge is -2.24. The van der Waals surface area contributed by atoms with Gasteiger partial charge in [0.2, 0.25) is 5.91 Å². The number of hydrogen-bond acceptors (Lipinski definition) is 6. The first-order valence-corrected chi connectivity index (χ1v) is 5.92. The average Bonchev–Trinajstić information content (AvgIpc) is 2.83. The van der Waals surface area contributed by atoms with Crippen LogP contribution in [0, 0.1) is 0 Å². The third kappa shape index (κ3) is 4.15. The van der Waals surface area contributed by atoms with Gasteiger partial charge in [-0.3, -0.25) is 9.59 Å². The van der Waals surface area contributed by atoms with Crippen LogP contribution in [0.3, 0.4) is 0 Å². The average molecular weight is 270 g/mol. The van der Waals surface area contributed by atoms with Gasteiger partial charge in [-0.1, -0.05) is 0 Å². The molecule has 1 rings (SSSR count). The summed E-state index contributed by atoms with van der Waals surface area (Å²) >= 11 is 0. The molecule has 19 heavy (non-hydrogen) atoms. The van der Waals surface area contributed by atoms with Crippen LogP contribution >= 0.6 is 0 Å². The first kappa shape index (κ1) is 15.3. The number of ether oxygens (including phenoxy) is 2. The van der Waals surface area contributed by atoms with Crippen molar-refractivity contribution in [2.75, 3.05) is 20.3 Å². The minimum Gasteiger partial charge on any atom is -0.390 e. The fraction of sp³-hybridized carbons (Fsp3) is 0.583. The normalized spacial score (nSPS) is 18.4. The van der Waals surface area contributed by atoms with Crippen molar-refractivity contribution in [2.45, 2.75) is 25.6 Å². The van der Waals surface area contributed by atoms with Crippen molar-refractivity contribution in [3.8, 4) is 0 Å². The van der Waals surface area contributed by atoms with E-state index in [1.807, 2.05) is 0 Å². The topological polar surface area (TPSA) is 93.7 Å². The van der Waals surface area contributed by atoms with Gasteiger partial charge in [-0.15, -0.1) is 0 Å². The van der Waals surface area contributed by atoms with Crippen molar-refractivity contribution in [3.05, 3.63) is 11.4 Å². The first-order chi connectivity index (χ1) is 9.06. The highest BCUT2D eigenvalue weighted by molar-refractivity contribution is 5.86. The number of nitrogens with one attached hydrogen (secondary N) is 2. The summed E-state index contributed by atoms with van der Waals surface area (Å²) in [5.41, 5.74) is 0.688. The maximum absolute atomic E-state index is 11.9. The van der Waals surface area contributed by atoms with Gasteiger partial charge in [0.1, 0.15) is 6.29 Å². The second kappa shape index (κ2) is 7.01. The van der Waals surface area contributed by atoms with Crippen LogP contribution in [0.15, 0.2) is 11.4 Å². The summed E-state index contributed by atoms with van der Waals surface area (Å²) in [6, 6.07) is 0. The molecule has 1 fully saturated rings. The Morgan fingerprint density at radius 1 is 1.32 bits per heavy atom. The van der Waals surface area contributed by atoms with Gasteiger partial charge in [-0.05, 0) is 6.92 Å². The molecule has 1 saturated heterocycles. The third-order valence-corrected chi connectivity index (χ3v) is 2.81. The summed E-state index contributed by atoms with van der Waals surface area (Å²) in [5.74, 6) is -1.65. The first-order valence-electron chi connectivity index (χ1n) is 5.92. The summed E-state index contributed by atoms with van der Waals surface area (Å²) in [6.07, 6.45) is 1.03. The Balaban J connectivity index is 2.68. The molecule has 1 amide bonds. The van der Waals surface area contributed by atoms with Crippen LogP contribution in [-0.2, 0) is 23.9 Å². The maximum atomic E-state index is 11.9. The molecule has 7 heteroatoms. The van der Waals surface area contributed by atoms with Crippen LogP contribution in [0.1, 0.15) is 19.8 Å². The van der Waals surface area contributed by atoms with E-state index < -0.39 is 11.7 Å². The highest BCUT2D eigenvalue weighted by Gasteiger charge is 2.38. The fourth-order valence-corrected chi connectivity index (χ4v) is 1.70. The molecule has 1 heterocycles. The number of aldehydes is 2. The molecule has 1 aliphatic heterocycles. The van der Waals surface area contributed by atoms with Gasteiger partial charge in [-0.2, -0.15) is 0 Å². The van der Waals surface area contributed by atoms with Crippen molar-refractivity contribution in [1.82, 2.24) is 10.6 Å². The summed E-state index contributed by atoms with van der Waals surface area (Å²) in [5, 5.41) is 5.23. The Morgan fingerprint density at radius 3 is 2.42 bits per heavy atom. The van der Waals surface area contributed by atoms with Crippen molar-refractivity contribution in [1.29, 1.82) is 0 Å². The van der Waals surface area contributed by atoms with Crippen LogP contribution < -0.4 is 10.6 Å². The third-order valence-electron chi connectivity index (χ3n) is 2.81. The Kier molecular flexibility index (Phi) is 5.65. The van der Waals surface area contributed by atoms with Gasteiger partial charge < -0.3 is 24.9 Å². The lowest BCUT2D eigenvalue weighted by Crippen LogP contribution is -2.38. The Morgan fingerprint density at radius 2 is 1.95 bits per heavy atom. The van der Waals surface area contributed by atoms with Crippen LogP contribution in [0.5, 0.6) is 0 Å². The lowest BCUT2D eigenvalue weighted by molar-refractivity contribution is -0.173. The van der Waals surface area contributed by atoms with Gasteiger partial charge >= 0.3 is 0 Å². The van der Waals surface area contributed by atoms with Crippen molar-refractivity contribution < 1.29 is 23.9 Å². The molecule has 1 aliphatic rings. The number of allylic oxidation sites excluding steroid dienone is 2. The standard InChI is InChI=1S/C12H18N2O5/c1-9(13-2)10(8-16)14-11(17)7-12(3-4-15)18-5-6-19-12/h4,8,13H,3,5-7H2,1-2H3,(H,14,17)/b10-9+. The second-order valence-electron chi connectivity index (χ2n) is 4.11. The fourth-order valence-electron chi connectivity index (χ4n) is 1.70. The van der Waals surface area contributed by atoms with Crippen molar-refractivity contribution in [2.24, 2.45) is 0 Å². The molecule has 0 atom stereocenters. The molecule has 0 spiro atoms. The number of carbonyl (C=O) groups excluding carboxylic acids is 3. The molecular formula is C12H18N2O5. The van der Waals surface area contributed by atoms with Gasteiger partial charge in [0.25, 0.3) is 0 Å². The van der Waals surface area contributed by atoms with E-state index in [1.165, 1.54) is 0 Å². The smallest absolute Gasteiger partial charge is 0.229 e. The quantitative estimate of drug-likeness (QED) is 0.477. The van der Waals surface area contributed by atoms with Gasteiger partial charge in [0.05, 0.1) is 31.8 Å². The molecule has 0 aromatic rings. The van der Waals surface area contributed by atoms with Crippen molar-refractivity contribution in [3.63, 3.8) is 0 Å².